The molecule has 0 saturated heterocycles. The molecule has 1 heterocycles. The van der Waals surface area contributed by atoms with E-state index in [1.54, 1.807) is 23.5 Å². The summed E-state index contributed by atoms with van der Waals surface area (Å²) in [6.07, 6.45) is 2.06. The van der Waals surface area contributed by atoms with Crippen LogP contribution in [0.5, 0.6) is 0 Å². The van der Waals surface area contributed by atoms with Gasteiger partial charge in [0.15, 0.2) is 0 Å². The normalized spacial score (nSPS) is 14.3. The van der Waals surface area contributed by atoms with Gasteiger partial charge in [0.2, 0.25) is 0 Å². The van der Waals surface area contributed by atoms with Gasteiger partial charge in [-0.15, -0.1) is 0 Å². The van der Waals surface area contributed by atoms with E-state index in [4.69, 9.17) is 0 Å². The molecule has 2 aromatic rings. The molecule has 1 aliphatic rings. The van der Waals surface area contributed by atoms with Gasteiger partial charge in [0.05, 0.1) is 10.0 Å². The van der Waals surface area contributed by atoms with E-state index in [1.807, 2.05) is 21.7 Å². The summed E-state index contributed by atoms with van der Waals surface area (Å²) < 4.78 is 13.8. The molecule has 2 nitrogen and oxygen atoms in total. The number of nitrogens with zero attached hydrogens (tertiary/aromatic N) is 1. The molecule has 1 aromatic heterocycles. The van der Waals surface area contributed by atoms with Gasteiger partial charge in [-0.25, -0.2) is 4.39 Å². The van der Waals surface area contributed by atoms with E-state index in [0.29, 0.717) is 12.1 Å². The second-order valence-corrected chi connectivity index (χ2v) is 6.47. The first-order valence-corrected chi connectivity index (χ1v) is 8.16. The molecule has 1 aromatic carbocycles. The van der Waals surface area contributed by atoms with Crippen molar-refractivity contribution < 1.29 is 9.18 Å². The molecule has 1 amide bonds. The van der Waals surface area contributed by atoms with Crippen LogP contribution in [0.15, 0.2) is 39.5 Å². The quantitative estimate of drug-likeness (QED) is 0.794. The van der Waals surface area contributed by atoms with Gasteiger partial charge in [-0.05, 0) is 63.3 Å². The minimum absolute atomic E-state index is 0.106. The molecule has 1 fully saturated rings. The van der Waals surface area contributed by atoms with Gasteiger partial charge in [-0.1, -0.05) is 6.07 Å². The number of hydrogen-bond donors (Lipinski definition) is 0. The predicted molar refractivity (Wildman–Crippen MR) is 81.3 cm³/mol. The Labute approximate surface area is 129 Å². The number of carbonyl (C=O) groups is 1. The molecule has 1 aliphatic carbocycles. The summed E-state index contributed by atoms with van der Waals surface area (Å²) in [5.41, 5.74) is 1.52. The standard InChI is InChI=1S/C15H13BrFNOS/c16-14-12(2-1-3-13(14)17)15(19)18(11-4-5-11)8-10-6-7-20-9-10/h1-3,6-7,9,11H,4-5,8H2. The zero-order valence-electron chi connectivity index (χ0n) is 10.7. The highest BCUT2D eigenvalue weighted by Crippen LogP contribution is 2.32. The molecule has 0 bridgehead atoms. The summed E-state index contributed by atoms with van der Waals surface area (Å²) >= 11 is 4.80. The Hall–Kier alpha value is -1.20. The van der Waals surface area contributed by atoms with E-state index >= 15 is 0 Å². The van der Waals surface area contributed by atoms with Gasteiger partial charge in [-0.3, -0.25) is 4.79 Å². The lowest BCUT2D eigenvalue weighted by atomic mass is 10.1. The average molecular weight is 354 g/mol. The average Bonchev–Trinajstić information content (AvgIpc) is 3.15. The summed E-state index contributed by atoms with van der Waals surface area (Å²) in [5.74, 6) is -0.507. The van der Waals surface area contributed by atoms with E-state index in [-0.39, 0.29) is 16.4 Å². The molecule has 0 N–H and O–H groups in total. The van der Waals surface area contributed by atoms with Crippen LogP contribution in [0.4, 0.5) is 4.39 Å². The van der Waals surface area contributed by atoms with Crippen molar-refractivity contribution in [1.29, 1.82) is 0 Å². The fraction of sp³-hybridized carbons (Fsp3) is 0.267. The van der Waals surface area contributed by atoms with Gasteiger partial charge < -0.3 is 4.90 Å². The van der Waals surface area contributed by atoms with E-state index in [0.717, 1.165) is 18.4 Å². The van der Waals surface area contributed by atoms with E-state index in [2.05, 4.69) is 15.9 Å². The van der Waals surface area contributed by atoms with Crippen molar-refractivity contribution in [3.63, 3.8) is 0 Å². The lowest BCUT2D eigenvalue weighted by molar-refractivity contribution is 0.0728. The second-order valence-electron chi connectivity index (χ2n) is 4.90. The monoisotopic (exact) mass is 353 g/mol. The largest absolute Gasteiger partial charge is 0.331 e. The first kappa shape index (κ1) is 13.8. The molecule has 20 heavy (non-hydrogen) atoms. The molecular formula is C15H13BrFNOS. The van der Waals surface area contributed by atoms with Crippen molar-refractivity contribution >= 4 is 33.2 Å². The lowest BCUT2D eigenvalue weighted by Crippen LogP contribution is -2.32. The zero-order valence-corrected chi connectivity index (χ0v) is 13.1. The third kappa shape index (κ3) is 2.79. The fourth-order valence-electron chi connectivity index (χ4n) is 2.16. The highest BCUT2D eigenvalue weighted by atomic mass is 79.9. The summed E-state index contributed by atoms with van der Waals surface area (Å²) in [7, 11) is 0. The Kier molecular flexibility index (Phi) is 3.89. The van der Waals surface area contributed by atoms with Crippen LogP contribution in [0.1, 0.15) is 28.8 Å². The van der Waals surface area contributed by atoms with E-state index in [9.17, 15) is 9.18 Å². The molecular weight excluding hydrogens is 341 g/mol. The van der Waals surface area contributed by atoms with Crippen LogP contribution >= 0.6 is 27.3 Å². The maximum absolute atomic E-state index is 13.6. The number of carbonyl (C=O) groups excluding carboxylic acids is 1. The number of benzene rings is 1. The third-order valence-electron chi connectivity index (χ3n) is 3.36. The summed E-state index contributed by atoms with van der Waals surface area (Å²) in [6.45, 7) is 0.593. The Bertz CT molecular complexity index is 625. The van der Waals surface area contributed by atoms with Crippen LogP contribution in [0.2, 0.25) is 0 Å². The van der Waals surface area contributed by atoms with Gasteiger partial charge in [0.1, 0.15) is 5.82 Å². The molecule has 0 spiro atoms. The highest BCUT2D eigenvalue weighted by molar-refractivity contribution is 9.10. The third-order valence-corrected chi connectivity index (χ3v) is 4.90. The predicted octanol–water partition coefficient (Wildman–Crippen LogP) is 4.45. The molecule has 0 unspecified atom stereocenters. The summed E-state index contributed by atoms with van der Waals surface area (Å²) in [6, 6.07) is 6.90. The number of rotatable bonds is 4. The number of amides is 1. The molecule has 0 radical (unpaired) electrons. The Morgan fingerprint density at radius 2 is 2.20 bits per heavy atom. The maximum Gasteiger partial charge on any atom is 0.255 e. The topological polar surface area (TPSA) is 20.3 Å². The number of hydrogen-bond acceptors (Lipinski definition) is 2. The lowest BCUT2D eigenvalue weighted by Gasteiger charge is -2.22. The van der Waals surface area contributed by atoms with Crippen LogP contribution < -0.4 is 0 Å². The molecule has 0 aliphatic heterocycles. The van der Waals surface area contributed by atoms with E-state index in [1.165, 1.54) is 6.07 Å². The van der Waals surface area contributed by atoms with Crippen LogP contribution in [-0.2, 0) is 6.54 Å². The number of halogens is 2. The summed E-state index contributed by atoms with van der Waals surface area (Å²) in [4.78, 5) is 14.5. The fourth-order valence-corrected chi connectivity index (χ4v) is 3.25. The van der Waals surface area contributed by atoms with Gasteiger partial charge in [0.25, 0.3) is 5.91 Å². The molecule has 3 rings (SSSR count). The van der Waals surface area contributed by atoms with Crippen LogP contribution in [0, 0.1) is 5.82 Å². The molecule has 104 valence electrons. The maximum atomic E-state index is 13.6. The van der Waals surface area contributed by atoms with Gasteiger partial charge in [-0.2, -0.15) is 11.3 Å². The molecule has 5 heteroatoms. The second kappa shape index (κ2) is 5.66. The first-order valence-electron chi connectivity index (χ1n) is 6.43. The van der Waals surface area contributed by atoms with Gasteiger partial charge >= 0.3 is 0 Å². The van der Waals surface area contributed by atoms with Crippen molar-refractivity contribution in [1.82, 2.24) is 4.90 Å². The Morgan fingerprint density at radius 3 is 2.85 bits per heavy atom. The van der Waals surface area contributed by atoms with Crippen molar-refractivity contribution in [2.75, 3.05) is 0 Å². The van der Waals surface area contributed by atoms with Crippen LogP contribution in [0.25, 0.3) is 0 Å². The number of thiophene rings is 1. The van der Waals surface area contributed by atoms with E-state index < -0.39 is 5.82 Å². The first-order chi connectivity index (χ1) is 9.66. The molecule has 1 saturated carbocycles. The SMILES string of the molecule is O=C(c1cccc(F)c1Br)N(Cc1ccsc1)C1CC1. The van der Waals surface area contributed by atoms with Crippen molar-refractivity contribution in [2.45, 2.75) is 25.4 Å². The van der Waals surface area contributed by atoms with Crippen molar-refractivity contribution in [3.8, 4) is 0 Å². The van der Waals surface area contributed by atoms with Crippen LogP contribution in [0.3, 0.4) is 0 Å². The van der Waals surface area contributed by atoms with Gasteiger partial charge in [0, 0.05) is 12.6 Å². The summed E-state index contributed by atoms with van der Waals surface area (Å²) in [5, 5.41) is 4.05. The van der Waals surface area contributed by atoms with Crippen molar-refractivity contribution in [2.24, 2.45) is 0 Å². The smallest absolute Gasteiger partial charge is 0.255 e. The minimum atomic E-state index is -0.401. The molecule has 0 atom stereocenters. The minimum Gasteiger partial charge on any atom is -0.331 e. The zero-order chi connectivity index (χ0) is 14.1. The van der Waals surface area contributed by atoms with Crippen molar-refractivity contribution in [3.05, 3.63) is 56.4 Å². The van der Waals surface area contributed by atoms with Crippen LogP contribution in [-0.4, -0.2) is 16.8 Å². The highest BCUT2D eigenvalue weighted by Gasteiger charge is 2.34. The Balaban J connectivity index is 1.87. The Morgan fingerprint density at radius 1 is 1.40 bits per heavy atom.